The molecule has 0 aliphatic carbocycles. The van der Waals surface area contributed by atoms with Gasteiger partial charge in [0.25, 0.3) is 6.43 Å². The van der Waals surface area contributed by atoms with E-state index in [0.717, 1.165) is 6.07 Å². The first-order chi connectivity index (χ1) is 8.28. The Balaban J connectivity index is 3.29. The first-order valence-electron chi connectivity index (χ1n) is 4.66. The molecule has 1 heterocycles. The van der Waals surface area contributed by atoms with Crippen molar-refractivity contribution in [3.05, 3.63) is 22.9 Å². The molecular weight excluding hydrogens is 263 g/mol. The van der Waals surface area contributed by atoms with Gasteiger partial charge in [0.15, 0.2) is 0 Å². The van der Waals surface area contributed by atoms with Gasteiger partial charge in [-0.25, -0.2) is 13.8 Å². The van der Waals surface area contributed by atoms with Crippen LogP contribution in [-0.2, 0) is 13.2 Å². The zero-order valence-corrected chi connectivity index (χ0v) is 8.84. The number of halogens is 5. The fraction of sp³-hybridized carbons (Fsp3) is 0.444. The summed E-state index contributed by atoms with van der Waals surface area (Å²) >= 11 is 0. The lowest BCUT2D eigenvalue weighted by Crippen LogP contribution is -2.20. The molecule has 0 aromatic carbocycles. The third-order valence-corrected chi connectivity index (χ3v) is 2.00. The average Bonchev–Trinajstić information content (AvgIpc) is 2.25. The maximum Gasteiger partial charge on any atom is 0.574 e. The number of aromatic nitrogens is 1. The molecule has 1 rings (SSSR count). The van der Waals surface area contributed by atoms with E-state index >= 15 is 0 Å². The molecule has 0 saturated carbocycles. The Morgan fingerprint density at radius 1 is 1.39 bits per heavy atom. The van der Waals surface area contributed by atoms with Crippen LogP contribution in [0.5, 0.6) is 5.88 Å². The number of pyridine rings is 1. The number of aliphatic hydroxyl groups is 1. The van der Waals surface area contributed by atoms with E-state index < -0.39 is 30.8 Å². The molecule has 0 unspecified atom stereocenters. The molecule has 0 radical (unpaired) electrons. The highest BCUT2D eigenvalue weighted by Crippen LogP contribution is 2.32. The molecule has 102 valence electrons. The van der Waals surface area contributed by atoms with Crippen LogP contribution in [0.1, 0.15) is 23.2 Å². The fourth-order valence-electron chi connectivity index (χ4n) is 1.25. The van der Waals surface area contributed by atoms with Crippen molar-refractivity contribution in [2.24, 2.45) is 5.73 Å². The summed E-state index contributed by atoms with van der Waals surface area (Å²) in [4.78, 5) is 3.22. The van der Waals surface area contributed by atoms with E-state index in [1.807, 2.05) is 0 Å². The first-order valence-corrected chi connectivity index (χ1v) is 4.66. The predicted molar refractivity (Wildman–Crippen MR) is 49.7 cm³/mol. The van der Waals surface area contributed by atoms with E-state index in [1.165, 1.54) is 0 Å². The highest BCUT2D eigenvalue weighted by Gasteiger charge is 2.34. The summed E-state index contributed by atoms with van der Waals surface area (Å²) in [7, 11) is 0. The minimum Gasteiger partial charge on any atom is -0.390 e. The van der Waals surface area contributed by atoms with Gasteiger partial charge in [-0.15, -0.1) is 13.2 Å². The molecule has 0 spiro atoms. The SMILES string of the molecule is NCc1cc(C(F)F)c(OC(F)(F)F)nc1CO. The number of rotatable bonds is 4. The van der Waals surface area contributed by atoms with E-state index in [4.69, 9.17) is 10.8 Å². The molecule has 0 atom stereocenters. The third kappa shape index (κ3) is 3.50. The summed E-state index contributed by atoms with van der Waals surface area (Å²) in [6.07, 6.45) is -8.35. The molecular formula is C9H9F5N2O2. The second kappa shape index (κ2) is 5.44. The largest absolute Gasteiger partial charge is 0.574 e. The van der Waals surface area contributed by atoms with Crippen molar-refractivity contribution < 1.29 is 31.8 Å². The molecule has 0 aliphatic heterocycles. The van der Waals surface area contributed by atoms with Crippen LogP contribution in [-0.4, -0.2) is 16.5 Å². The van der Waals surface area contributed by atoms with Crippen molar-refractivity contribution in [2.75, 3.05) is 0 Å². The van der Waals surface area contributed by atoms with Crippen LogP contribution in [0.4, 0.5) is 22.0 Å². The summed E-state index contributed by atoms with van der Waals surface area (Å²) in [5, 5.41) is 8.86. The minimum atomic E-state index is -5.15. The monoisotopic (exact) mass is 272 g/mol. The Hall–Kier alpha value is -1.48. The standard InChI is InChI=1S/C9H9F5N2O2/c10-7(11)5-1-4(2-15)6(3-17)16-8(5)18-9(12,13)14/h1,7,17H,2-3,15H2. The Labute approximate surface area is 98.2 Å². The Kier molecular flexibility index (Phi) is 4.41. The Morgan fingerprint density at radius 2 is 2.00 bits per heavy atom. The zero-order valence-electron chi connectivity index (χ0n) is 8.84. The number of nitrogens with two attached hydrogens (primary N) is 1. The lowest BCUT2D eigenvalue weighted by Gasteiger charge is -2.15. The number of hydrogen-bond donors (Lipinski definition) is 2. The van der Waals surface area contributed by atoms with Gasteiger partial charge in [0, 0.05) is 6.54 Å². The van der Waals surface area contributed by atoms with E-state index in [-0.39, 0.29) is 17.8 Å². The van der Waals surface area contributed by atoms with Gasteiger partial charge < -0.3 is 15.6 Å². The van der Waals surface area contributed by atoms with E-state index in [2.05, 4.69) is 9.72 Å². The Bertz CT molecular complexity index is 422. The predicted octanol–water partition coefficient (Wildman–Crippen LogP) is 1.87. The molecule has 18 heavy (non-hydrogen) atoms. The molecule has 1 aromatic heterocycles. The molecule has 3 N–H and O–H groups in total. The van der Waals surface area contributed by atoms with Crippen LogP contribution in [0.15, 0.2) is 6.07 Å². The third-order valence-electron chi connectivity index (χ3n) is 2.00. The van der Waals surface area contributed by atoms with Gasteiger partial charge in [0.1, 0.15) is 0 Å². The van der Waals surface area contributed by atoms with Crippen LogP contribution in [0.3, 0.4) is 0 Å². The summed E-state index contributed by atoms with van der Waals surface area (Å²) in [5.74, 6) is -1.28. The summed E-state index contributed by atoms with van der Waals surface area (Å²) < 4.78 is 64.5. The summed E-state index contributed by atoms with van der Waals surface area (Å²) in [5.41, 5.74) is 3.99. The highest BCUT2D eigenvalue weighted by molar-refractivity contribution is 5.35. The number of aliphatic hydroxyl groups excluding tert-OH is 1. The van der Waals surface area contributed by atoms with Crippen LogP contribution in [0.25, 0.3) is 0 Å². The number of nitrogens with zero attached hydrogens (tertiary/aromatic N) is 1. The normalized spacial score (nSPS) is 12.0. The molecule has 0 bridgehead atoms. The Morgan fingerprint density at radius 3 is 2.39 bits per heavy atom. The number of ether oxygens (including phenoxy) is 1. The maximum atomic E-state index is 12.6. The molecule has 1 aromatic rings. The van der Waals surface area contributed by atoms with Gasteiger partial charge in [-0.2, -0.15) is 0 Å². The van der Waals surface area contributed by atoms with Crippen LogP contribution in [0, 0.1) is 0 Å². The van der Waals surface area contributed by atoms with Gasteiger partial charge >= 0.3 is 6.36 Å². The van der Waals surface area contributed by atoms with Gasteiger partial charge in [0.05, 0.1) is 17.9 Å². The quantitative estimate of drug-likeness (QED) is 0.821. The molecule has 0 fully saturated rings. The van der Waals surface area contributed by atoms with Crippen LogP contribution < -0.4 is 10.5 Å². The van der Waals surface area contributed by atoms with Crippen molar-refractivity contribution in [1.29, 1.82) is 0 Å². The van der Waals surface area contributed by atoms with E-state index in [0.29, 0.717) is 0 Å². The minimum absolute atomic E-state index is 0.0299. The molecule has 9 heteroatoms. The van der Waals surface area contributed by atoms with Crippen molar-refractivity contribution in [3.8, 4) is 5.88 Å². The van der Waals surface area contributed by atoms with Crippen molar-refractivity contribution in [3.63, 3.8) is 0 Å². The van der Waals surface area contributed by atoms with E-state index in [1.54, 1.807) is 0 Å². The van der Waals surface area contributed by atoms with Gasteiger partial charge in [-0.05, 0) is 11.6 Å². The smallest absolute Gasteiger partial charge is 0.390 e. The number of alkyl halides is 5. The zero-order chi connectivity index (χ0) is 13.9. The van der Waals surface area contributed by atoms with Gasteiger partial charge in [-0.1, -0.05) is 0 Å². The van der Waals surface area contributed by atoms with Gasteiger partial charge in [0.2, 0.25) is 5.88 Å². The first kappa shape index (κ1) is 14.6. The maximum absolute atomic E-state index is 12.6. The number of hydrogen-bond acceptors (Lipinski definition) is 4. The lowest BCUT2D eigenvalue weighted by molar-refractivity contribution is -0.276. The van der Waals surface area contributed by atoms with Crippen LogP contribution >= 0.6 is 0 Å². The van der Waals surface area contributed by atoms with Crippen molar-refractivity contribution >= 4 is 0 Å². The van der Waals surface area contributed by atoms with Crippen LogP contribution in [0.2, 0.25) is 0 Å². The molecule has 0 amide bonds. The van der Waals surface area contributed by atoms with Crippen molar-refractivity contribution in [2.45, 2.75) is 25.9 Å². The molecule has 0 saturated heterocycles. The second-order valence-corrected chi connectivity index (χ2v) is 3.20. The molecule has 4 nitrogen and oxygen atoms in total. The van der Waals surface area contributed by atoms with E-state index in [9.17, 15) is 22.0 Å². The summed E-state index contributed by atoms with van der Waals surface area (Å²) in [6.45, 7) is -0.973. The average molecular weight is 272 g/mol. The second-order valence-electron chi connectivity index (χ2n) is 3.20. The fourth-order valence-corrected chi connectivity index (χ4v) is 1.25. The highest BCUT2D eigenvalue weighted by atomic mass is 19.4. The van der Waals surface area contributed by atoms with Gasteiger partial charge in [-0.3, -0.25) is 0 Å². The topological polar surface area (TPSA) is 68.4 Å². The lowest BCUT2D eigenvalue weighted by atomic mass is 10.1. The summed E-state index contributed by atoms with van der Waals surface area (Å²) in [6, 6.07) is 0.740. The van der Waals surface area contributed by atoms with Crippen molar-refractivity contribution in [1.82, 2.24) is 4.98 Å². The molecule has 0 aliphatic rings.